The highest BCUT2D eigenvalue weighted by atomic mass is 16.3. The molecule has 0 saturated heterocycles. The van der Waals surface area contributed by atoms with Gasteiger partial charge in [0.15, 0.2) is 5.82 Å². The molecule has 4 heteroatoms. The normalized spacial score (nSPS) is 11.6. The van der Waals surface area contributed by atoms with Crippen LogP contribution in [0, 0.1) is 0 Å². The largest absolute Gasteiger partial charge is 0.456 e. The summed E-state index contributed by atoms with van der Waals surface area (Å²) in [6.45, 7) is 0. The molecular formula is C46H28N2O2. The van der Waals surface area contributed by atoms with Gasteiger partial charge in [0.05, 0.1) is 11.4 Å². The van der Waals surface area contributed by atoms with Crippen LogP contribution < -0.4 is 0 Å². The lowest BCUT2D eigenvalue weighted by atomic mass is 9.96. The first-order valence-electron chi connectivity index (χ1n) is 16.7. The Labute approximate surface area is 287 Å². The summed E-state index contributed by atoms with van der Waals surface area (Å²) in [4.78, 5) is 10.5. The fraction of sp³-hybridized carbons (Fsp3) is 0. The van der Waals surface area contributed by atoms with Crippen LogP contribution in [0.4, 0.5) is 0 Å². The zero-order valence-corrected chi connectivity index (χ0v) is 26.9. The predicted molar refractivity (Wildman–Crippen MR) is 204 cm³/mol. The van der Waals surface area contributed by atoms with Gasteiger partial charge in [-0.1, -0.05) is 127 Å². The summed E-state index contributed by atoms with van der Waals surface area (Å²) in [6.07, 6.45) is 0. The van der Waals surface area contributed by atoms with Crippen molar-refractivity contribution in [2.45, 2.75) is 0 Å². The molecule has 234 valence electrons. The van der Waals surface area contributed by atoms with Crippen molar-refractivity contribution in [3.63, 3.8) is 0 Å². The lowest BCUT2D eigenvalue weighted by molar-refractivity contribution is 0.668. The predicted octanol–water partition coefficient (Wildman–Crippen LogP) is 12.6. The summed E-state index contributed by atoms with van der Waals surface area (Å²) >= 11 is 0. The zero-order valence-electron chi connectivity index (χ0n) is 26.9. The number of benzene rings is 7. The molecule has 0 spiro atoms. The minimum absolute atomic E-state index is 0.646. The molecule has 0 unspecified atom stereocenters. The van der Waals surface area contributed by atoms with Crippen LogP contribution in [-0.2, 0) is 0 Å². The van der Waals surface area contributed by atoms with Crippen LogP contribution in [0.3, 0.4) is 0 Å². The number of para-hydroxylation sites is 2. The van der Waals surface area contributed by atoms with Crippen molar-refractivity contribution in [1.82, 2.24) is 9.97 Å². The summed E-state index contributed by atoms with van der Waals surface area (Å²) in [7, 11) is 0. The summed E-state index contributed by atoms with van der Waals surface area (Å²) in [5.74, 6) is 0.646. The van der Waals surface area contributed by atoms with Gasteiger partial charge in [0.2, 0.25) is 0 Å². The highest BCUT2D eigenvalue weighted by Crippen LogP contribution is 2.43. The monoisotopic (exact) mass is 640 g/mol. The SMILES string of the molecule is c1ccc(-c2ccc(-c3cc(-c4ccccc4)nc(-c4ccc(-c5ccc6oc7ccccc7c6c5)c5oc6ccccc6c45)n3)cc2)cc1. The van der Waals surface area contributed by atoms with Crippen molar-refractivity contribution in [1.29, 1.82) is 0 Å². The van der Waals surface area contributed by atoms with Gasteiger partial charge >= 0.3 is 0 Å². The summed E-state index contributed by atoms with van der Waals surface area (Å²) in [6, 6.07) is 58.4. The van der Waals surface area contributed by atoms with Gasteiger partial charge in [-0.15, -0.1) is 0 Å². The third-order valence-corrected chi connectivity index (χ3v) is 9.54. The van der Waals surface area contributed by atoms with E-state index in [1.165, 1.54) is 5.56 Å². The van der Waals surface area contributed by atoms with Crippen LogP contribution in [0.5, 0.6) is 0 Å². The Morgan fingerprint density at radius 2 is 0.860 bits per heavy atom. The second-order valence-electron chi connectivity index (χ2n) is 12.5. The van der Waals surface area contributed by atoms with Crippen molar-refractivity contribution in [2.75, 3.05) is 0 Å². The van der Waals surface area contributed by atoms with E-state index in [0.717, 1.165) is 88.6 Å². The van der Waals surface area contributed by atoms with E-state index in [9.17, 15) is 0 Å². The van der Waals surface area contributed by atoms with Crippen LogP contribution in [0.2, 0.25) is 0 Å². The van der Waals surface area contributed by atoms with Gasteiger partial charge in [0.1, 0.15) is 22.3 Å². The smallest absolute Gasteiger partial charge is 0.161 e. The lowest BCUT2D eigenvalue weighted by Gasteiger charge is -2.12. The van der Waals surface area contributed by atoms with E-state index in [1.807, 2.05) is 54.6 Å². The third-order valence-electron chi connectivity index (χ3n) is 9.54. The van der Waals surface area contributed by atoms with E-state index < -0.39 is 0 Å². The van der Waals surface area contributed by atoms with Crippen molar-refractivity contribution in [3.8, 4) is 56.2 Å². The first-order chi connectivity index (χ1) is 24.8. The molecule has 0 amide bonds. The van der Waals surface area contributed by atoms with Gasteiger partial charge in [0, 0.05) is 43.8 Å². The van der Waals surface area contributed by atoms with Crippen molar-refractivity contribution in [3.05, 3.63) is 170 Å². The minimum atomic E-state index is 0.646. The van der Waals surface area contributed by atoms with Crippen LogP contribution in [-0.4, -0.2) is 9.97 Å². The number of rotatable bonds is 5. The maximum absolute atomic E-state index is 6.69. The molecule has 50 heavy (non-hydrogen) atoms. The third kappa shape index (κ3) is 4.69. The average Bonchev–Trinajstić information content (AvgIpc) is 3.77. The zero-order chi connectivity index (χ0) is 33.0. The Morgan fingerprint density at radius 1 is 0.340 bits per heavy atom. The lowest BCUT2D eigenvalue weighted by Crippen LogP contribution is -1.97. The molecule has 0 aliphatic heterocycles. The fourth-order valence-electron chi connectivity index (χ4n) is 7.07. The summed E-state index contributed by atoms with van der Waals surface area (Å²) in [5.41, 5.74) is 12.5. The van der Waals surface area contributed by atoms with Crippen molar-refractivity contribution >= 4 is 43.9 Å². The van der Waals surface area contributed by atoms with Gasteiger partial charge in [-0.3, -0.25) is 0 Å². The van der Waals surface area contributed by atoms with Crippen LogP contribution in [0.25, 0.3) is 100 Å². The number of furan rings is 2. The molecule has 0 fully saturated rings. The van der Waals surface area contributed by atoms with E-state index in [4.69, 9.17) is 18.8 Å². The average molecular weight is 641 g/mol. The first kappa shape index (κ1) is 28.3. The first-order valence-corrected chi connectivity index (χ1v) is 16.7. The summed E-state index contributed by atoms with van der Waals surface area (Å²) < 4.78 is 12.8. The van der Waals surface area contributed by atoms with E-state index in [1.54, 1.807) is 0 Å². The Balaban J connectivity index is 1.18. The van der Waals surface area contributed by atoms with Gasteiger partial charge in [0.25, 0.3) is 0 Å². The highest BCUT2D eigenvalue weighted by molar-refractivity contribution is 6.16. The second-order valence-corrected chi connectivity index (χ2v) is 12.5. The second kappa shape index (κ2) is 11.4. The van der Waals surface area contributed by atoms with Gasteiger partial charge in [-0.05, 0) is 59.2 Å². The number of fused-ring (bicyclic) bond motifs is 6. The maximum Gasteiger partial charge on any atom is 0.161 e. The Morgan fingerprint density at radius 3 is 1.60 bits per heavy atom. The van der Waals surface area contributed by atoms with Crippen molar-refractivity contribution in [2.24, 2.45) is 0 Å². The van der Waals surface area contributed by atoms with Crippen molar-refractivity contribution < 1.29 is 8.83 Å². The molecule has 10 rings (SSSR count). The Hall–Kier alpha value is -6.78. The molecule has 0 aliphatic rings. The molecule has 0 bridgehead atoms. The molecule has 0 aliphatic carbocycles. The number of aromatic nitrogens is 2. The van der Waals surface area contributed by atoms with Gasteiger partial charge in [-0.25, -0.2) is 9.97 Å². The highest BCUT2D eigenvalue weighted by Gasteiger charge is 2.21. The summed E-state index contributed by atoms with van der Waals surface area (Å²) in [5, 5.41) is 4.19. The Kier molecular flexibility index (Phi) is 6.46. The number of hydrogen-bond acceptors (Lipinski definition) is 4. The molecule has 0 radical (unpaired) electrons. The van der Waals surface area contributed by atoms with Gasteiger partial charge < -0.3 is 8.83 Å². The molecule has 3 heterocycles. The molecule has 3 aromatic heterocycles. The maximum atomic E-state index is 6.69. The molecular weight excluding hydrogens is 613 g/mol. The molecule has 0 atom stereocenters. The number of nitrogens with zero attached hydrogens (tertiary/aromatic N) is 2. The van der Waals surface area contributed by atoms with E-state index >= 15 is 0 Å². The minimum Gasteiger partial charge on any atom is -0.456 e. The molecule has 10 aromatic rings. The Bertz CT molecular complexity index is 2850. The van der Waals surface area contributed by atoms with E-state index in [2.05, 4.69) is 115 Å². The van der Waals surface area contributed by atoms with E-state index in [0.29, 0.717) is 5.82 Å². The van der Waals surface area contributed by atoms with Crippen LogP contribution in [0.1, 0.15) is 0 Å². The van der Waals surface area contributed by atoms with Gasteiger partial charge in [-0.2, -0.15) is 0 Å². The van der Waals surface area contributed by atoms with E-state index in [-0.39, 0.29) is 0 Å². The molecule has 0 N–H and O–H groups in total. The molecule has 7 aromatic carbocycles. The quantitative estimate of drug-likeness (QED) is 0.188. The topological polar surface area (TPSA) is 52.1 Å². The molecule has 4 nitrogen and oxygen atoms in total. The standard InChI is InChI=1S/C46H28N2O2/c1-3-11-29(12-4-1)30-19-21-32(22-20-30)40-28-39(31-13-5-2-6-14-31)47-46(48-40)37-25-24-34(45-44(37)36-16-8-10-18-42(36)50-45)33-23-26-43-38(27-33)35-15-7-9-17-41(35)49-43/h1-28H. The van der Waals surface area contributed by atoms with Crippen LogP contribution >= 0.6 is 0 Å². The fourth-order valence-corrected chi connectivity index (χ4v) is 7.07. The number of hydrogen-bond donors (Lipinski definition) is 0. The molecule has 0 saturated carbocycles. The van der Waals surface area contributed by atoms with Crippen LogP contribution in [0.15, 0.2) is 179 Å².